The minimum atomic E-state index is 0.659. The molecule has 0 radical (unpaired) electrons. The van der Waals surface area contributed by atoms with Crippen molar-refractivity contribution in [2.24, 2.45) is 11.8 Å². The zero-order valence-corrected chi connectivity index (χ0v) is 13.4. The van der Waals surface area contributed by atoms with E-state index in [9.17, 15) is 0 Å². The number of nitrogens with one attached hydrogen (secondary N) is 1. The second-order valence-electron chi connectivity index (χ2n) is 6.54. The van der Waals surface area contributed by atoms with Gasteiger partial charge in [-0.3, -0.25) is 4.90 Å². The van der Waals surface area contributed by atoms with Crippen LogP contribution in [-0.4, -0.2) is 36.1 Å². The Morgan fingerprint density at radius 1 is 1.17 bits per heavy atom. The first-order valence-electron chi connectivity index (χ1n) is 8.00. The van der Waals surface area contributed by atoms with Gasteiger partial charge in [-0.15, -0.1) is 0 Å². The van der Waals surface area contributed by atoms with Crippen LogP contribution in [0.2, 0.25) is 0 Å². The number of nitrogens with zero attached hydrogens (tertiary/aromatic N) is 1. The van der Waals surface area contributed by atoms with Gasteiger partial charge in [0.15, 0.2) is 0 Å². The molecule has 1 saturated carbocycles. The summed E-state index contributed by atoms with van der Waals surface area (Å²) in [5.41, 5.74) is 0. The average Bonchev–Trinajstić information content (AvgIpc) is 2.26. The first-order chi connectivity index (χ1) is 8.51. The molecule has 1 aliphatic rings. The second-order valence-corrected chi connectivity index (χ2v) is 6.54. The van der Waals surface area contributed by atoms with E-state index in [0.717, 1.165) is 24.4 Å². The Balaban J connectivity index is 2.83. The summed E-state index contributed by atoms with van der Waals surface area (Å²) in [7, 11) is 0. The fourth-order valence-corrected chi connectivity index (χ4v) is 3.87. The topological polar surface area (TPSA) is 15.3 Å². The van der Waals surface area contributed by atoms with E-state index >= 15 is 0 Å². The van der Waals surface area contributed by atoms with E-state index in [1.54, 1.807) is 0 Å². The molecule has 1 aliphatic carbocycles. The minimum absolute atomic E-state index is 0.659. The van der Waals surface area contributed by atoms with Crippen molar-refractivity contribution in [2.75, 3.05) is 13.1 Å². The molecule has 0 aromatic rings. The van der Waals surface area contributed by atoms with E-state index < -0.39 is 0 Å². The summed E-state index contributed by atoms with van der Waals surface area (Å²) < 4.78 is 0. The van der Waals surface area contributed by atoms with Gasteiger partial charge in [0.2, 0.25) is 0 Å². The molecule has 0 saturated heterocycles. The van der Waals surface area contributed by atoms with Crippen molar-refractivity contribution in [3.63, 3.8) is 0 Å². The molecular formula is C16H34N2. The van der Waals surface area contributed by atoms with Crippen molar-refractivity contribution < 1.29 is 0 Å². The van der Waals surface area contributed by atoms with E-state index in [1.165, 1.54) is 25.8 Å². The van der Waals surface area contributed by atoms with Gasteiger partial charge >= 0.3 is 0 Å². The maximum Gasteiger partial charge on any atom is 0.0277 e. The molecule has 1 rings (SSSR count). The highest BCUT2D eigenvalue weighted by Gasteiger charge is 2.37. The van der Waals surface area contributed by atoms with Crippen LogP contribution in [0.4, 0.5) is 0 Å². The van der Waals surface area contributed by atoms with Gasteiger partial charge in [0.1, 0.15) is 0 Å². The van der Waals surface area contributed by atoms with Gasteiger partial charge in [0.05, 0.1) is 0 Å². The summed E-state index contributed by atoms with van der Waals surface area (Å²) in [6, 6.07) is 2.07. The molecule has 4 atom stereocenters. The van der Waals surface area contributed by atoms with Crippen LogP contribution < -0.4 is 5.32 Å². The maximum atomic E-state index is 3.75. The largest absolute Gasteiger partial charge is 0.313 e. The molecule has 2 heteroatoms. The molecule has 2 nitrogen and oxygen atoms in total. The number of hydrogen-bond acceptors (Lipinski definition) is 2. The molecule has 1 N–H and O–H groups in total. The summed E-state index contributed by atoms with van der Waals surface area (Å²) in [4.78, 5) is 2.74. The molecule has 0 aromatic carbocycles. The Bertz CT molecular complexity index is 227. The van der Waals surface area contributed by atoms with Crippen molar-refractivity contribution in [1.29, 1.82) is 0 Å². The monoisotopic (exact) mass is 254 g/mol. The van der Waals surface area contributed by atoms with Crippen LogP contribution in [0.15, 0.2) is 0 Å². The van der Waals surface area contributed by atoms with Gasteiger partial charge in [-0.2, -0.15) is 0 Å². The lowest BCUT2D eigenvalue weighted by Gasteiger charge is -2.47. The zero-order valence-electron chi connectivity index (χ0n) is 13.4. The molecule has 0 amide bonds. The number of rotatable bonds is 6. The van der Waals surface area contributed by atoms with Gasteiger partial charge in [-0.1, -0.05) is 27.7 Å². The normalized spacial score (nSPS) is 33.3. The average molecular weight is 254 g/mol. The summed E-state index contributed by atoms with van der Waals surface area (Å²) in [6.45, 7) is 16.4. The highest BCUT2D eigenvalue weighted by atomic mass is 15.2. The summed E-state index contributed by atoms with van der Waals surface area (Å²) in [6.07, 6.45) is 3.99. The smallest absolute Gasteiger partial charge is 0.0277 e. The van der Waals surface area contributed by atoms with Gasteiger partial charge in [0, 0.05) is 18.1 Å². The molecule has 0 aromatic heterocycles. The van der Waals surface area contributed by atoms with E-state index in [2.05, 4.69) is 51.8 Å². The van der Waals surface area contributed by atoms with Crippen molar-refractivity contribution >= 4 is 0 Å². The van der Waals surface area contributed by atoms with E-state index in [1.807, 2.05) is 0 Å². The third kappa shape index (κ3) is 3.96. The quantitative estimate of drug-likeness (QED) is 0.780. The molecule has 4 unspecified atom stereocenters. The summed E-state index contributed by atoms with van der Waals surface area (Å²) in [5, 5.41) is 3.75. The first kappa shape index (κ1) is 16.0. The van der Waals surface area contributed by atoms with Crippen LogP contribution in [0, 0.1) is 11.8 Å². The molecule has 0 bridgehead atoms. The first-order valence-corrected chi connectivity index (χ1v) is 8.00. The fraction of sp³-hybridized carbons (Fsp3) is 1.00. The molecule has 0 spiro atoms. The van der Waals surface area contributed by atoms with Crippen molar-refractivity contribution in [1.82, 2.24) is 10.2 Å². The Morgan fingerprint density at radius 3 is 2.33 bits per heavy atom. The van der Waals surface area contributed by atoms with Crippen LogP contribution in [0.1, 0.15) is 60.8 Å². The highest BCUT2D eigenvalue weighted by Crippen LogP contribution is 2.33. The third-order valence-corrected chi connectivity index (χ3v) is 4.42. The van der Waals surface area contributed by atoms with E-state index in [4.69, 9.17) is 0 Å². The predicted molar refractivity (Wildman–Crippen MR) is 80.9 cm³/mol. The Hall–Kier alpha value is -0.0800. The Labute approximate surface area is 115 Å². The molecular weight excluding hydrogens is 220 g/mol. The molecule has 0 heterocycles. The van der Waals surface area contributed by atoms with Crippen LogP contribution in [0.25, 0.3) is 0 Å². The lowest BCUT2D eigenvalue weighted by atomic mass is 9.75. The van der Waals surface area contributed by atoms with Gasteiger partial charge in [-0.25, -0.2) is 0 Å². The molecule has 108 valence electrons. The zero-order chi connectivity index (χ0) is 13.7. The van der Waals surface area contributed by atoms with Gasteiger partial charge in [-0.05, 0) is 58.0 Å². The van der Waals surface area contributed by atoms with Crippen LogP contribution in [0.3, 0.4) is 0 Å². The number of likely N-dealkylation sites (N-methyl/N-ethyl adjacent to an activating group) is 1. The predicted octanol–water partition coefficient (Wildman–Crippen LogP) is 3.52. The van der Waals surface area contributed by atoms with Gasteiger partial charge < -0.3 is 5.32 Å². The van der Waals surface area contributed by atoms with Crippen LogP contribution in [0.5, 0.6) is 0 Å². The number of hydrogen-bond donors (Lipinski definition) is 1. The van der Waals surface area contributed by atoms with Crippen molar-refractivity contribution in [3.8, 4) is 0 Å². The fourth-order valence-electron chi connectivity index (χ4n) is 3.87. The van der Waals surface area contributed by atoms with E-state index in [0.29, 0.717) is 12.1 Å². The van der Waals surface area contributed by atoms with Crippen molar-refractivity contribution in [3.05, 3.63) is 0 Å². The maximum absolute atomic E-state index is 3.75. The standard InChI is InChI=1S/C16H34N2/c1-7-9-18(12(3)4)16-14(6)10-13(5)11-15(16)17-8-2/h12-17H,7-11H2,1-6H3. The third-order valence-electron chi connectivity index (χ3n) is 4.42. The Morgan fingerprint density at radius 2 is 1.83 bits per heavy atom. The Kier molecular flexibility index (Phi) is 6.65. The van der Waals surface area contributed by atoms with Crippen LogP contribution >= 0.6 is 0 Å². The lowest BCUT2D eigenvalue weighted by molar-refractivity contribution is 0.0402. The van der Waals surface area contributed by atoms with Gasteiger partial charge in [0.25, 0.3) is 0 Å². The molecule has 18 heavy (non-hydrogen) atoms. The lowest BCUT2D eigenvalue weighted by Crippen LogP contribution is -2.58. The summed E-state index contributed by atoms with van der Waals surface area (Å²) in [5.74, 6) is 1.68. The van der Waals surface area contributed by atoms with Crippen molar-refractivity contribution in [2.45, 2.75) is 78.9 Å². The van der Waals surface area contributed by atoms with E-state index in [-0.39, 0.29) is 0 Å². The SMILES string of the molecule is CCCN(C(C)C)C1C(C)CC(C)CC1NCC. The second kappa shape index (κ2) is 7.49. The highest BCUT2D eigenvalue weighted by molar-refractivity contribution is 4.94. The molecule has 1 fully saturated rings. The summed E-state index contributed by atoms with van der Waals surface area (Å²) >= 11 is 0. The van der Waals surface area contributed by atoms with Crippen LogP contribution in [-0.2, 0) is 0 Å². The minimum Gasteiger partial charge on any atom is -0.313 e. The molecule has 0 aliphatic heterocycles.